The molecule has 0 aliphatic carbocycles. The second-order valence-corrected chi connectivity index (χ2v) is 6.87. The number of pyridine rings is 1. The zero-order valence-corrected chi connectivity index (χ0v) is 13.4. The van der Waals surface area contributed by atoms with Crippen LogP contribution in [-0.2, 0) is 10.0 Å². The lowest BCUT2D eigenvalue weighted by Crippen LogP contribution is -2.37. The molecule has 0 unspecified atom stereocenters. The van der Waals surface area contributed by atoms with Crippen LogP contribution >= 0.6 is 0 Å². The van der Waals surface area contributed by atoms with Crippen molar-refractivity contribution in [3.8, 4) is 0 Å². The highest BCUT2D eigenvalue weighted by Crippen LogP contribution is 2.13. The van der Waals surface area contributed by atoms with Crippen molar-refractivity contribution in [3.63, 3.8) is 0 Å². The van der Waals surface area contributed by atoms with Crippen molar-refractivity contribution >= 4 is 21.9 Å². The second-order valence-electron chi connectivity index (χ2n) is 4.72. The van der Waals surface area contributed by atoms with Crippen LogP contribution in [0.5, 0.6) is 0 Å². The molecule has 0 aliphatic heterocycles. The van der Waals surface area contributed by atoms with Crippen LogP contribution in [0.25, 0.3) is 0 Å². The molecule has 8 nitrogen and oxygen atoms in total. The van der Waals surface area contributed by atoms with Crippen molar-refractivity contribution in [2.75, 3.05) is 46.6 Å². The van der Waals surface area contributed by atoms with Gasteiger partial charge in [-0.15, -0.1) is 0 Å². The van der Waals surface area contributed by atoms with Gasteiger partial charge in [-0.25, -0.2) is 22.5 Å². The third kappa shape index (κ3) is 4.87. The number of urea groups is 1. The first-order valence-corrected chi connectivity index (χ1v) is 7.76. The van der Waals surface area contributed by atoms with E-state index in [9.17, 15) is 13.2 Å². The van der Waals surface area contributed by atoms with E-state index in [1.807, 2.05) is 0 Å². The Balaban J connectivity index is 2.51. The Bertz CT molecular complexity index is 569. The topological polar surface area (TPSA) is 94.6 Å². The summed E-state index contributed by atoms with van der Waals surface area (Å²) in [5.74, 6) is 0.548. The summed E-state index contributed by atoms with van der Waals surface area (Å²) in [5.41, 5.74) is 0. The standard InChI is InChI=1S/C12H21N5O3S/c1-16(2)12(18)14-8-7-13-11-6-5-10(9-15-11)21(19,20)17(3)4/h5-6,9H,7-8H2,1-4H3,(H,13,15)(H,14,18). The number of rotatable bonds is 6. The monoisotopic (exact) mass is 315 g/mol. The molecule has 2 N–H and O–H groups in total. The van der Waals surface area contributed by atoms with Crippen molar-refractivity contribution in [2.45, 2.75) is 4.90 Å². The van der Waals surface area contributed by atoms with E-state index in [0.717, 1.165) is 4.31 Å². The lowest BCUT2D eigenvalue weighted by molar-refractivity contribution is 0.218. The van der Waals surface area contributed by atoms with Crippen molar-refractivity contribution in [1.29, 1.82) is 0 Å². The van der Waals surface area contributed by atoms with Crippen molar-refractivity contribution < 1.29 is 13.2 Å². The van der Waals surface area contributed by atoms with Crippen molar-refractivity contribution in [2.24, 2.45) is 0 Å². The first-order valence-electron chi connectivity index (χ1n) is 6.32. The quantitative estimate of drug-likeness (QED) is 0.722. The van der Waals surface area contributed by atoms with E-state index in [4.69, 9.17) is 0 Å². The minimum absolute atomic E-state index is 0.138. The lowest BCUT2D eigenvalue weighted by atomic mass is 10.4. The maximum Gasteiger partial charge on any atom is 0.316 e. The molecule has 0 saturated carbocycles. The van der Waals surface area contributed by atoms with Crippen LogP contribution < -0.4 is 10.6 Å². The number of hydrogen-bond donors (Lipinski definition) is 2. The molecule has 0 radical (unpaired) electrons. The molecule has 0 atom stereocenters. The number of amides is 2. The van der Waals surface area contributed by atoms with E-state index < -0.39 is 10.0 Å². The number of hydrogen-bond acceptors (Lipinski definition) is 5. The third-order valence-corrected chi connectivity index (χ3v) is 4.43. The van der Waals surface area contributed by atoms with Gasteiger partial charge in [0.2, 0.25) is 10.0 Å². The Kier molecular flexibility index (Phi) is 5.91. The molecule has 1 heterocycles. The zero-order valence-electron chi connectivity index (χ0n) is 12.6. The number of aromatic nitrogens is 1. The fraction of sp³-hybridized carbons (Fsp3) is 0.500. The van der Waals surface area contributed by atoms with Gasteiger partial charge >= 0.3 is 6.03 Å². The molecule has 1 aromatic heterocycles. The van der Waals surface area contributed by atoms with Crippen molar-refractivity contribution in [1.82, 2.24) is 19.5 Å². The molecule has 0 fully saturated rings. The largest absolute Gasteiger partial charge is 0.368 e. The van der Waals surface area contributed by atoms with Gasteiger partial charge in [0.05, 0.1) is 0 Å². The van der Waals surface area contributed by atoms with Gasteiger partial charge in [0.1, 0.15) is 10.7 Å². The van der Waals surface area contributed by atoms with Crippen molar-refractivity contribution in [3.05, 3.63) is 18.3 Å². The van der Waals surface area contributed by atoms with Crippen LogP contribution in [0, 0.1) is 0 Å². The summed E-state index contributed by atoms with van der Waals surface area (Å²) in [6, 6.07) is 2.91. The molecule has 1 rings (SSSR count). The van der Waals surface area contributed by atoms with Crippen LogP contribution in [0.3, 0.4) is 0 Å². The number of nitrogens with one attached hydrogen (secondary N) is 2. The first kappa shape index (κ1) is 17.2. The Labute approximate surface area is 125 Å². The van der Waals surface area contributed by atoms with Crippen LogP contribution in [0.15, 0.2) is 23.2 Å². The summed E-state index contributed by atoms with van der Waals surface area (Å²) in [6.45, 7) is 0.933. The van der Waals surface area contributed by atoms with Crippen LogP contribution in [0.4, 0.5) is 10.6 Å². The van der Waals surface area contributed by atoms with E-state index in [1.54, 1.807) is 20.2 Å². The van der Waals surface area contributed by atoms with Gasteiger partial charge in [-0.1, -0.05) is 0 Å². The number of nitrogens with zero attached hydrogens (tertiary/aromatic N) is 3. The molecule has 0 aromatic carbocycles. The van der Waals surface area contributed by atoms with E-state index in [0.29, 0.717) is 18.9 Å². The summed E-state index contributed by atoms with van der Waals surface area (Å²) in [7, 11) is 2.80. The maximum absolute atomic E-state index is 11.9. The number of carbonyl (C=O) groups is 1. The molecular weight excluding hydrogens is 294 g/mol. The van der Waals surface area contributed by atoms with Gasteiger partial charge in [-0.3, -0.25) is 0 Å². The molecule has 0 bridgehead atoms. The van der Waals surface area contributed by atoms with Gasteiger partial charge in [-0.05, 0) is 12.1 Å². The highest BCUT2D eigenvalue weighted by atomic mass is 32.2. The average Bonchev–Trinajstić information content (AvgIpc) is 2.43. The maximum atomic E-state index is 11.9. The van der Waals surface area contributed by atoms with E-state index in [2.05, 4.69) is 15.6 Å². The van der Waals surface area contributed by atoms with Gasteiger partial charge in [-0.2, -0.15) is 0 Å². The van der Waals surface area contributed by atoms with Crippen LogP contribution in [-0.4, -0.2) is 69.9 Å². The normalized spacial score (nSPS) is 11.3. The van der Waals surface area contributed by atoms with Crippen LogP contribution in [0.1, 0.15) is 0 Å². The fourth-order valence-corrected chi connectivity index (χ4v) is 2.21. The molecular formula is C12H21N5O3S. The zero-order chi connectivity index (χ0) is 16.0. The predicted octanol–water partition coefficient (Wildman–Crippen LogP) is 0.0150. The Morgan fingerprint density at radius 3 is 2.33 bits per heavy atom. The summed E-state index contributed by atoms with van der Waals surface area (Å²) in [4.78, 5) is 16.9. The fourth-order valence-electron chi connectivity index (χ4n) is 1.37. The van der Waals surface area contributed by atoms with E-state index in [-0.39, 0.29) is 10.9 Å². The number of sulfonamides is 1. The molecule has 0 spiro atoms. The summed E-state index contributed by atoms with van der Waals surface area (Å²) in [5, 5.41) is 5.69. The summed E-state index contributed by atoms with van der Waals surface area (Å²) in [6.07, 6.45) is 1.30. The summed E-state index contributed by atoms with van der Waals surface area (Å²) < 4.78 is 24.8. The molecule has 0 saturated heterocycles. The minimum atomic E-state index is -3.46. The smallest absolute Gasteiger partial charge is 0.316 e. The van der Waals surface area contributed by atoms with Gasteiger partial charge in [0.25, 0.3) is 0 Å². The van der Waals surface area contributed by atoms with Gasteiger partial charge < -0.3 is 15.5 Å². The molecule has 2 amide bonds. The molecule has 21 heavy (non-hydrogen) atoms. The highest BCUT2D eigenvalue weighted by molar-refractivity contribution is 7.89. The Morgan fingerprint density at radius 1 is 1.19 bits per heavy atom. The van der Waals surface area contributed by atoms with Gasteiger partial charge in [0.15, 0.2) is 0 Å². The Morgan fingerprint density at radius 2 is 1.86 bits per heavy atom. The minimum Gasteiger partial charge on any atom is -0.368 e. The third-order valence-electron chi connectivity index (χ3n) is 2.63. The number of carbonyl (C=O) groups excluding carboxylic acids is 1. The summed E-state index contributed by atoms with van der Waals surface area (Å²) >= 11 is 0. The average molecular weight is 315 g/mol. The Hall–Kier alpha value is -1.87. The predicted molar refractivity (Wildman–Crippen MR) is 80.7 cm³/mol. The second kappa shape index (κ2) is 7.23. The molecule has 9 heteroatoms. The molecule has 118 valence electrons. The van der Waals surface area contributed by atoms with Gasteiger partial charge in [0, 0.05) is 47.5 Å². The lowest BCUT2D eigenvalue weighted by Gasteiger charge is -2.13. The molecule has 1 aromatic rings. The highest BCUT2D eigenvalue weighted by Gasteiger charge is 2.17. The SMILES string of the molecule is CN(C)C(=O)NCCNc1ccc(S(=O)(=O)N(C)C)cn1. The van der Waals surface area contributed by atoms with E-state index >= 15 is 0 Å². The number of anilines is 1. The van der Waals surface area contributed by atoms with Crippen LogP contribution in [0.2, 0.25) is 0 Å². The van der Waals surface area contributed by atoms with E-state index in [1.165, 1.54) is 31.3 Å². The first-order chi connectivity index (χ1) is 9.75. The molecule has 0 aliphatic rings.